The van der Waals surface area contributed by atoms with E-state index >= 15 is 0 Å². The average molecular weight is 224 g/mol. The van der Waals surface area contributed by atoms with Gasteiger partial charge in [0.2, 0.25) is 9.04 Å². The van der Waals surface area contributed by atoms with E-state index in [4.69, 9.17) is 18.4 Å². The van der Waals surface area contributed by atoms with Gasteiger partial charge in [-0.3, -0.25) is 0 Å². The quantitative estimate of drug-likeness (QED) is 0.630. The zero-order valence-electron chi connectivity index (χ0n) is 8.87. The molecule has 1 unspecified atom stereocenters. The maximum absolute atomic E-state index is 8.94. The minimum Gasteiger partial charge on any atom is -0.421 e. The molecule has 13 heavy (non-hydrogen) atoms. The smallest absolute Gasteiger partial charge is 0.334 e. The monoisotopic (exact) mass is 224 g/mol. The van der Waals surface area contributed by atoms with Gasteiger partial charge < -0.3 is 18.4 Å². The average Bonchev–Trinajstić information content (AvgIpc) is 2.19. The lowest BCUT2D eigenvalue weighted by Crippen LogP contribution is -2.38. The van der Waals surface area contributed by atoms with Crippen LogP contribution < -0.4 is 0 Å². The molecule has 0 saturated carbocycles. The first-order valence-corrected chi connectivity index (χ1v) is 8.98. The van der Waals surface area contributed by atoms with Gasteiger partial charge in [0.15, 0.2) is 0 Å². The Bertz CT molecular complexity index is 126. The second kappa shape index (κ2) is 6.69. The first-order chi connectivity index (χ1) is 6.11. The molecule has 80 valence electrons. The van der Waals surface area contributed by atoms with Gasteiger partial charge in [-0.1, -0.05) is 0 Å². The standard InChI is InChI=1S/C7H20O4Si2/c1-9-12(7-8)5-6-13(4,10-2)11-3/h8,12H,5-7H2,1-4H3. The van der Waals surface area contributed by atoms with Gasteiger partial charge in [-0.15, -0.1) is 0 Å². The number of aliphatic hydroxyl groups excluding tert-OH is 1. The molecule has 0 rings (SSSR count). The van der Waals surface area contributed by atoms with Crippen molar-refractivity contribution in [3.8, 4) is 0 Å². The summed E-state index contributed by atoms with van der Waals surface area (Å²) in [4.78, 5) is 0. The van der Waals surface area contributed by atoms with Crippen molar-refractivity contribution in [3.63, 3.8) is 0 Å². The molecule has 0 aliphatic rings. The molecule has 6 heteroatoms. The van der Waals surface area contributed by atoms with E-state index in [-0.39, 0.29) is 6.23 Å². The summed E-state index contributed by atoms with van der Waals surface area (Å²) in [5.41, 5.74) is 0. The lowest BCUT2D eigenvalue weighted by molar-refractivity contribution is 0.250. The van der Waals surface area contributed by atoms with Gasteiger partial charge in [-0.05, 0) is 18.6 Å². The van der Waals surface area contributed by atoms with Crippen LogP contribution in [0.2, 0.25) is 18.6 Å². The molecule has 0 aliphatic carbocycles. The van der Waals surface area contributed by atoms with E-state index in [1.807, 2.05) is 6.55 Å². The van der Waals surface area contributed by atoms with Crippen LogP contribution in [0.4, 0.5) is 0 Å². The second-order valence-corrected chi connectivity index (χ2v) is 9.36. The summed E-state index contributed by atoms with van der Waals surface area (Å²) < 4.78 is 15.8. The van der Waals surface area contributed by atoms with Crippen LogP contribution in [0.15, 0.2) is 0 Å². The second-order valence-electron chi connectivity index (χ2n) is 3.12. The van der Waals surface area contributed by atoms with Crippen molar-refractivity contribution >= 4 is 17.6 Å². The van der Waals surface area contributed by atoms with E-state index in [1.165, 1.54) is 0 Å². The summed E-state index contributed by atoms with van der Waals surface area (Å²) in [6.07, 6.45) is 0.189. The molecule has 0 aromatic heterocycles. The molecular weight excluding hydrogens is 204 g/mol. The Morgan fingerprint density at radius 2 is 1.77 bits per heavy atom. The first kappa shape index (κ1) is 13.3. The number of hydrogen-bond acceptors (Lipinski definition) is 4. The van der Waals surface area contributed by atoms with Crippen molar-refractivity contribution < 1.29 is 18.4 Å². The van der Waals surface area contributed by atoms with Gasteiger partial charge in [-0.25, -0.2) is 0 Å². The largest absolute Gasteiger partial charge is 0.421 e. The third kappa shape index (κ3) is 4.89. The van der Waals surface area contributed by atoms with E-state index in [9.17, 15) is 0 Å². The van der Waals surface area contributed by atoms with E-state index in [0.29, 0.717) is 0 Å². The Morgan fingerprint density at radius 3 is 2.08 bits per heavy atom. The van der Waals surface area contributed by atoms with Crippen molar-refractivity contribution in [1.82, 2.24) is 0 Å². The molecule has 0 aromatic rings. The third-order valence-corrected chi connectivity index (χ3v) is 7.83. The summed E-state index contributed by atoms with van der Waals surface area (Å²) >= 11 is 0. The number of hydrogen-bond donors (Lipinski definition) is 1. The molecule has 0 aliphatic heterocycles. The predicted molar refractivity (Wildman–Crippen MR) is 56.5 cm³/mol. The highest BCUT2D eigenvalue weighted by Crippen LogP contribution is 2.15. The number of rotatable bonds is 7. The predicted octanol–water partition coefficient (Wildman–Crippen LogP) is 0.253. The lowest BCUT2D eigenvalue weighted by Gasteiger charge is -2.23. The molecular formula is C7H20O4Si2. The maximum Gasteiger partial charge on any atom is 0.334 e. The molecule has 0 bridgehead atoms. The van der Waals surface area contributed by atoms with Gasteiger partial charge in [0.05, 0.1) is 6.23 Å². The van der Waals surface area contributed by atoms with Gasteiger partial charge in [-0.2, -0.15) is 0 Å². The molecule has 0 spiro atoms. The summed E-state index contributed by atoms with van der Waals surface area (Å²) in [5.74, 6) is 0. The van der Waals surface area contributed by atoms with E-state index < -0.39 is 17.6 Å². The van der Waals surface area contributed by atoms with Gasteiger partial charge in [0.1, 0.15) is 0 Å². The molecule has 0 saturated heterocycles. The van der Waals surface area contributed by atoms with Crippen LogP contribution in [0.5, 0.6) is 0 Å². The normalized spacial score (nSPS) is 14.5. The Labute approximate surface area is 82.8 Å². The molecule has 0 heterocycles. The summed E-state index contributed by atoms with van der Waals surface area (Å²) in [6, 6.07) is 1.81. The van der Waals surface area contributed by atoms with Crippen LogP contribution in [0.25, 0.3) is 0 Å². The molecule has 0 radical (unpaired) electrons. The Balaban J connectivity index is 3.83. The fourth-order valence-electron chi connectivity index (χ4n) is 0.994. The van der Waals surface area contributed by atoms with Crippen LogP contribution in [0.3, 0.4) is 0 Å². The van der Waals surface area contributed by atoms with E-state index in [0.717, 1.165) is 12.1 Å². The lowest BCUT2D eigenvalue weighted by atomic mass is 10.9. The molecule has 0 fully saturated rings. The Kier molecular flexibility index (Phi) is 6.83. The molecule has 4 nitrogen and oxygen atoms in total. The van der Waals surface area contributed by atoms with Crippen molar-refractivity contribution in [1.29, 1.82) is 0 Å². The minimum atomic E-state index is -1.95. The molecule has 0 amide bonds. The third-order valence-electron chi connectivity index (χ3n) is 2.32. The van der Waals surface area contributed by atoms with Crippen LogP contribution in [-0.4, -0.2) is 50.3 Å². The van der Waals surface area contributed by atoms with Crippen molar-refractivity contribution in [3.05, 3.63) is 0 Å². The summed E-state index contributed by atoms with van der Waals surface area (Å²) in [5, 5.41) is 8.94. The van der Waals surface area contributed by atoms with Crippen LogP contribution >= 0.6 is 0 Å². The molecule has 1 atom stereocenters. The van der Waals surface area contributed by atoms with Gasteiger partial charge in [0, 0.05) is 21.3 Å². The zero-order chi connectivity index (χ0) is 10.3. The van der Waals surface area contributed by atoms with E-state index in [1.54, 1.807) is 21.3 Å². The zero-order valence-corrected chi connectivity index (χ0v) is 11.0. The topological polar surface area (TPSA) is 47.9 Å². The van der Waals surface area contributed by atoms with E-state index in [2.05, 4.69) is 0 Å². The first-order valence-electron chi connectivity index (χ1n) is 4.35. The van der Waals surface area contributed by atoms with Crippen molar-refractivity contribution in [2.45, 2.75) is 18.6 Å². The SMILES string of the molecule is CO[SiH](CO)CC[Si](C)(OC)OC. The summed E-state index contributed by atoms with van der Waals surface area (Å²) in [7, 11) is 1.68. The highest BCUT2D eigenvalue weighted by Gasteiger charge is 2.29. The Hall–Kier alpha value is 0.274. The Morgan fingerprint density at radius 1 is 1.23 bits per heavy atom. The maximum atomic E-state index is 8.94. The molecule has 0 aromatic carbocycles. The highest BCUT2D eigenvalue weighted by molar-refractivity contribution is 6.67. The highest BCUT2D eigenvalue weighted by atomic mass is 28.4. The number of aliphatic hydroxyl groups is 1. The van der Waals surface area contributed by atoms with Crippen LogP contribution in [-0.2, 0) is 13.3 Å². The fraction of sp³-hybridized carbons (Fsp3) is 1.00. The van der Waals surface area contributed by atoms with Crippen molar-refractivity contribution in [2.24, 2.45) is 0 Å². The molecule has 1 N–H and O–H groups in total. The summed E-state index contributed by atoms with van der Waals surface area (Å²) in [6.45, 7) is 2.02. The minimum absolute atomic E-state index is 0.189. The van der Waals surface area contributed by atoms with Gasteiger partial charge in [0.25, 0.3) is 0 Å². The van der Waals surface area contributed by atoms with Crippen molar-refractivity contribution in [2.75, 3.05) is 27.6 Å². The van der Waals surface area contributed by atoms with Gasteiger partial charge >= 0.3 is 8.56 Å². The van der Waals surface area contributed by atoms with Crippen LogP contribution in [0, 0.1) is 0 Å². The van der Waals surface area contributed by atoms with Crippen LogP contribution in [0.1, 0.15) is 0 Å². The fourth-order valence-corrected chi connectivity index (χ4v) is 5.52.